The molecule has 1 aromatic heterocycles. The molecule has 1 aromatic rings. The van der Waals surface area contributed by atoms with Crippen molar-refractivity contribution in [2.45, 2.75) is 19.8 Å². The van der Waals surface area contributed by atoms with Crippen molar-refractivity contribution in [2.24, 2.45) is 0 Å². The number of hydrogen-bond acceptors (Lipinski definition) is 3. The Balaban J connectivity index is 3.08. The first-order valence-electron chi connectivity index (χ1n) is 3.39. The lowest BCUT2D eigenvalue weighted by Crippen LogP contribution is -1.98. The van der Waals surface area contributed by atoms with E-state index in [0.29, 0.717) is 11.7 Å². The van der Waals surface area contributed by atoms with Crippen LogP contribution in [0.25, 0.3) is 0 Å². The van der Waals surface area contributed by atoms with Gasteiger partial charge >= 0.3 is 0 Å². The lowest BCUT2D eigenvalue weighted by atomic mass is 10.1. The maximum atomic E-state index is 5.59. The quantitative estimate of drug-likeness (QED) is 0.656. The first-order chi connectivity index (χ1) is 5.09. The van der Waals surface area contributed by atoms with Gasteiger partial charge in [0.05, 0.1) is 0 Å². The SMILES string of the molecule is CC(C)c1cc(N)nc(Cl)n1. The molecule has 0 bridgehead atoms. The Hall–Kier alpha value is -0.830. The fourth-order valence-electron chi connectivity index (χ4n) is 0.750. The van der Waals surface area contributed by atoms with E-state index in [-0.39, 0.29) is 5.28 Å². The van der Waals surface area contributed by atoms with Gasteiger partial charge in [0.1, 0.15) is 5.82 Å². The molecule has 1 heterocycles. The van der Waals surface area contributed by atoms with Crippen molar-refractivity contribution in [2.75, 3.05) is 5.73 Å². The van der Waals surface area contributed by atoms with Gasteiger partial charge in [0.25, 0.3) is 0 Å². The molecule has 0 atom stereocenters. The molecule has 0 spiro atoms. The third-order valence-corrected chi connectivity index (χ3v) is 1.50. The standard InChI is InChI=1S/C7H10ClN3/c1-4(2)5-3-6(9)11-7(8)10-5/h3-4H,1-2H3,(H2,9,10,11). The second-order valence-electron chi connectivity index (χ2n) is 2.64. The van der Waals surface area contributed by atoms with E-state index in [4.69, 9.17) is 17.3 Å². The third kappa shape index (κ3) is 2.05. The number of rotatable bonds is 1. The van der Waals surface area contributed by atoms with E-state index < -0.39 is 0 Å². The van der Waals surface area contributed by atoms with Crippen LogP contribution in [0, 0.1) is 0 Å². The van der Waals surface area contributed by atoms with Gasteiger partial charge in [-0.05, 0) is 17.5 Å². The lowest BCUT2D eigenvalue weighted by molar-refractivity contribution is 0.816. The average molecular weight is 172 g/mol. The maximum absolute atomic E-state index is 5.59. The summed E-state index contributed by atoms with van der Waals surface area (Å²) < 4.78 is 0. The van der Waals surface area contributed by atoms with Crippen LogP contribution in [0.1, 0.15) is 25.5 Å². The van der Waals surface area contributed by atoms with E-state index in [2.05, 4.69) is 9.97 Å². The molecule has 0 aromatic carbocycles. The van der Waals surface area contributed by atoms with Crippen LogP contribution in [0.5, 0.6) is 0 Å². The van der Waals surface area contributed by atoms with Crippen LogP contribution in [0.4, 0.5) is 5.82 Å². The van der Waals surface area contributed by atoms with E-state index in [9.17, 15) is 0 Å². The zero-order valence-corrected chi connectivity index (χ0v) is 7.26. The molecule has 2 N–H and O–H groups in total. The van der Waals surface area contributed by atoms with Crippen molar-refractivity contribution in [3.05, 3.63) is 17.0 Å². The summed E-state index contributed by atoms with van der Waals surface area (Å²) in [5.74, 6) is 0.756. The summed E-state index contributed by atoms with van der Waals surface area (Å²) in [6.45, 7) is 4.05. The van der Waals surface area contributed by atoms with E-state index in [1.54, 1.807) is 6.07 Å². The van der Waals surface area contributed by atoms with Crippen LogP contribution in [0.2, 0.25) is 5.28 Å². The number of nitrogen functional groups attached to an aromatic ring is 1. The van der Waals surface area contributed by atoms with Gasteiger partial charge < -0.3 is 5.73 Å². The molecule has 3 nitrogen and oxygen atoms in total. The summed E-state index contributed by atoms with van der Waals surface area (Å²) in [6, 6.07) is 1.73. The molecule has 0 saturated heterocycles. The predicted octanol–water partition coefficient (Wildman–Crippen LogP) is 1.84. The number of nitrogens with zero attached hydrogens (tertiary/aromatic N) is 2. The fourth-order valence-corrected chi connectivity index (χ4v) is 0.945. The van der Waals surface area contributed by atoms with E-state index in [1.165, 1.54) is 0 Å². The van der Waals surface area contributed by atoms with Gasteiger partial charge in [-0.1, -0.05) is 13.8 Å². The molecule has 4 heteroatoms. The van der Waals surface area contributed by atoms with Crippen LogP contribution >= 0.6 is 11.6 Å². The normalized spacial score (nSPS) is 10.5. The summed E-state index contributed by atoms with van der Waals surface area (Å²) in [5.41, 5.74) is 6.34. The summed E-state index contributed by atoms with van der Waals surface area (Å²) in [4.78, 5) is 7.76. The molecule has 0 fully saturated rings. The van der Waals surface area contributed by atoms with Gasteiger partial charge in [-0.3, -0.25) is 0 Å². The van der Waals surface area contributed by atoms with Crippen molar-refractivity contribution in [3.63, 3.8) is 0 Å². The predicted molar refractivity (Wildman–Crippen MR) is 45.5 cm³/mol. The first kappa shape index (κ1) is 8.27. The minimum Gasteiger partial charge on any atom is -0.384 e. The maximum Gasteiger partial charge on any atom is 0.224 e. The van der Waals surface area contributed by atoms with Gasteiger partial charge in [0.15, 0.2) is 0 Å². The molecule has 11 heavy (non-hydrogen) atoms. The van der Waals surface area contributed by atoms with Crippen LogP contribution < -0.4 is 5.73 Å². The van der Waals surface area contributed by atoms with Crippen molar-refractivity contribution in [1.82, 2.24) is 9.97 Å². The zero-order valence-electron chi connectivity index (χ0n) is 6.50. The molecule has 0 unspecified atom stereocenters. The van der Waals surface area contributed by atoms with Crippen molar-refractivity contribution in [1.29, 1.82) is 0 Å². The Morgan fingerprint density at radius 2 is 2.09 bits per heavy atom. The molecular weight excluding hydrogens is 162 g/mol. The first-order valence-corrected chi connectivity index (χ1v) is 3.77. The fraction of sp³-hybridized carbons (Fsp3) is 0.429. The van der Waals surface area contributed by atoms with Gasteiger partial charge in [-0.25, -0.2) is 9.97 Å². The van der Waals surface area contributed by atoms with Crippen LogP contribution in [-0.4, -0.2) is 9.97 Å². The van der Waals surface area contributed by atoms with Crippen LogP contribution in [-0.2, 0) is 0 Å². The zero-order chi connectivity index (χ0) is 8.43. The van der Waals surface area contributed by atoms with Crippen LogP contribution in [0.3, 0.4) is 0 Å². The highest BCUT2D eigenvalue weighted by Gasteiger charge is 2.03. The molecular formula is C7H10ClN3. The monoisotopic (exact) mass is 171 g/mol. The minimum absolute atomic E-state index is 0.216. The number of aromatic nitrogens is 2. The summed E-state index contributed by atoms with van der Waals surface area (Å²) in [6.07, 6.45) is 0. The van der Waals surface area contributed by atoms with Gasteiger partial charge in [-0.2, -0.15) is 0 Å². The number of anilines is 1. The second-order valence-corrected chi connectivity index (χ2v) is 2.98. The molecule has 0 saturated carbocycles. The Kier molecular flexibility index (Phi) is 2.29. The third-order valence-electron chi connectivity index (χ3n) is 1.33. The number of hydrogen-bond donors (Lipinski definition) is 1. The molecule has 0 aliphatic heterocycles. The van der Waals surface area contributed by atoms with E-state index in [1.807, 2.05) is 13.8 Å². The molecule has 60 valence electrons. The van der Waals surface area contributed by atoms with E-state index >= 15 is 0 Å². The highest BCUT2D eigenvalue weighted by atomic mass is 35.5. The molecule has 1 rings (SSSR count). The topological polar surface area (TPSA) is 51.8 Å². The summed E-state index contributed by atoms with van der Waals surface area (Å²) >= 11 is 5.59. The highest BCUT2D eigenvalue weighted by Crippen LogP contribution is 2.15. The molecule has 0 aliphatic carbocycles. The average Bonchev–Trinajstić information content (AvgIpc) is 1.85. The van der Waals surface area contributed by atoms with Crippen molar-refractivity contribution < 1.29 is 0 Å². The lowest BCUT2D eigenvalue weighted by Gasteiger charge is -2.04. The van der Waals surface area contributed by atoms with Gasteiger partial charge in [0.2, 0.25) is 5.28 Å². The Morgan fingerprint density at radius 3 is 2.55 bits per heavy atom. The Bertz CT molecular complexity index is 240. The van der Waals surface area contributed by atoms with Gasteiger partial charge in [-0.15, -0.1) is 0 Å². The number of halogens is 1. The molecule has 0 aliphatic rings. The summed E-state index contributed by atoms with van der Waals surface area (Å²) in [5, 5.41) is 0.216. The smallest absolute Gasteiger partial charge is 0.224 e. The van der Waals surface area contributed by atoms with Crippen LogP contribution in [0.15, 0.2) is 6.07 Å². The Morgan fingerprint density at radius 1 is 1.45 bits per heavy atom. The number of nitrogens with two attached hydrogens (primary N) is 1. The van der Waals surface area contributed by atoms with Gasteiger partial charge in [0, 0.05) is 11.8 Å². The molecule has 0 amide bonds. The summed E-state index contributed by atoms with van der Waals surface area (Å²) in [7, 11) is 0. The largest absolute Gasteiger partial charge is 0.384 e. The Labute approximate surface area is 70.6 Å². The molecule has 0 radical (unpaired) electrons. The van der Waals surface area contributed by atoms with Crippen molar-refractivity contribution >= 4 is 17.4 Å². The van der Waals surface area contributed by atoms with E-state index in [0.717, 1.165) is 5.69 Å². The minimum atomic E-state index is 0.216. The second kappa shape index (κ2) is 3.05. The van der Waals surface area contributed by atoms with Crippen molar-refractivity contribution in [3.8, 4) is 0 Å². The highest BCUT2D eigenvalue weighted by molar-refractivity contribution is 6.28.